The van der Waals surface area contributed by atoms with Crippen molar-refractivity contribution < 1.29 is 14.3 Å². The number of amides is 1. The van der Waals surface area contributed by atoms with Crippen LogP contribution in [0.5, 0.6) is 0 Å². The Labute approximate surface area is 125 Å². The van der Waals surface area contributed by atoms with Gasteiger partial charge in [0.25, 0.3) is 5.91 Å². The fourth-order valence-electron chi connectivity index (χ4n) is 2.89. The maximum Gasteiger partial charge on any atom is 0.355 e. The van der Waals surface area contributed by atoms with Crippen molar-refractivity contribution in [2.75, 3.05) is 6.54 Å². The summed E-state index contributed by atoms with van der Waals surface area (Å²) >= 11 is 0. The normalized spacial score (nSPS) is 20.1. The van der Waals surface area contributed by atoms with Gasteiger partial charge in [0.05, 0.1) is 0 Å². The van der Waals surface area contributed by atoms with Gasteiger partial charge < -0.3 is 14.2 Å². The molecule has 0 aromatic carbocycles. The molecule has 1 saturated heterocycles. The molecule has 1 aliphatic heterocycles. The number of likely N-dealkylation sites (tertiary alicyclic amines) is 1. The van der Waals surface area contributed by atoms with E-state index in [0.29, 0.717) is 5.69 Å². The third-order valence-electron chi connectivity index (χ3n) is 4.17. The first-order valence-corrected chi connectivity index (χ1v) is 7.67. The second-order valence-corrected chi connectivity index (χ2v) is 5.64. The average Bonchev–Trinajstić information content (AvgIpc) is 2.92. The number of hydrogen-bond acceptors (Lipinski definition) is 3. The van der Waals surface area contributed by atoms with Crippen LogP contribution in [0.3, 0.4) is 0 Å². The van der Waals surface area contributed by atoms with Gasteiger partial charge in [-0.15, -0.1) is 0 Å². The Kier molecular flexibility index (Phi) is 5.04. The zero-order valence-corrected chi connectivity index (χ0v) is 13.0. The summed E-state index contributed by atoms with van der Waals surface area (Å²) in [5.74, 6) is -0.530. The number of aryl methyl sites for hydroxylation is 1. The van der Waals surface area contributed by atoms with E-state index in [2.05, 4.69) is 6.92 Å². The van der Waals surface area contributed by atoms with Crippen molar-refractivity contribution in [1.82, 2.24) is 9.47 Å². The predicted molar refractivity (Wildman–Crippen MR) is 79.9 cm³/mol. The van der Waals surface area contributed by atoms with Crippen LogP contribution in [0.25, 0.3) is 0 Å². The maximum absolute atomic E-state index is 12.5. The molecule has 1 fully saturated rings. The van der Waals surface area contributed by atoms with E-state index >= 15 is 0 Å². The highest BCUT2D eigenvalue weighted by Gasteiger charge is 2.30. The van der Waals surface area contributed by atoms with E-state index in [-0.39, 0.29) is 11.9 Å². The van der Waals surface area contributed by atoms with E-state index in [0.717, 1.165) is 25.8 Å². The van der Waals surface area contributed by atoms with Crippen molar-refractivity contribution in [2.45, 2.75) is 51.7 Å². The molecule has 0 spiro atoms. The molecule has 0 aliphatic carbocycles. The second kappa shape index (κ2) is 6.78. The van der Waals surface area contributed by atoms with Gasteiger partial charge in [-0.3, -0.25) is 4.79 Å². The van der Waals surface area contributed by atoms with Gasteiger partial charge in [0.15, 0.2) is 6.10 Å². The molecule has 0 saturated carbocycles. The van der Waals surface area contributed by atoms with Crippen molar-refractivity contribution in [1.29, 1.82) is 0 Å². The number of piperidine rings is 1. The Bertz CT molecular complexity index is 509. The molecular formula is C16H24N2O3. The Morgan fingerprint density at radius 2 is 2.19 bits per heavy atom. The molecule has 1 aromatic heterocycles. The lowest BCUT2D eigenvalue weighted by atomic mass is 9.99. The highest BCUT2D eigenvalue weighted by atomic mass is 16.5. The van der Waals surface area contributed by atoms with Gasteiger partial charge in [-0.2, -0.15) is 0 Å². The summed E-state index contributed by atoms with van der Waals surface area (Å²) < 4.78 is 7.02. The van der Waals surface area contributed by atoms with Crippen molar-refractivity contribution in [2.24, 2.45) is 7.05 Å². The highest BCUT2D eigenvalue weighted by Crippen LogP contribution is 2.21. The van der Waals surface area contributed by atoms with Crippen LogP contribution in [0, 0.1) is 0 Å². The summed E-state index contributed by atoms with van der Waals surface area (Å²) in [5.41, 5.74) is 0.459. The van der Waals surface area contributed by atoms with Crippen molar-refractivity contribution in [3.05, 3.63) is 24.0 Å². The lowest BCUT2D eigenvalue weighted by Gasteiger charge is -2.36. The van der Waals surface area contributed by atoms with Crippen LogP contribution in [0.15, 0.2) is 18.3 Å². The highest BCUT2D eigenvalue weighted by molar-refractivity contribution is 5.91. The summed E-state index contributed by atoms with van der Waals surface area (Å²) in [5, 5.41) is 0. The largest absolute Gasteiger partial charge is 0.448 e. The number of ether oxygens (including phenoxy) is 1. The monoisotopic (exact) mass is 292 g/mol. The molecular weight excluding hydrogens is 268 g/mol. The molecule has 0 N–H and O–H groups in total. The maximum atomic E-state index is 12.5. The first-order chi connectivity index (χ1) is 10.0. The van der Waals surface area contributed by atoms with E-state index in [9.17, 15) is 9.59 Å². The van der Waals surface area contributed by atoms with Crippen LogP contribution in [0.4, 0.5) is 0 Å². The molecule has 2 atom stereocenters. The Hall–Kier alpha value is -1.78. The number of nitrogens with zero attached hydrogens (tertiary/aromatic N) is 2. The summed E-state index contributed by atoms with van der Waals surface area (Å²) in [4.78, 5) is 26.4. The average molecular weight is 292 g/mol. The summed E-state index contributed by atoms with van der Waals surface area (Å²) in [6.07, 6.45) is 5.23. The Morgan fingerprint density at radius 3 is 2.81 bits per heavy atom. The molecule has 21 heavy (non-hydrogen) atoms. The molecule has 1 aliphatic rings. The van der Waals surface area contributed by atoms with Crippen LogP contribution in [-0.2, 0) is 16.6 Å². The molecule has 2 rings (SSSR count). The number of carbonyl (C=O) groups excluding carboxylic acids is 2. The molecule has 5 nitrogen and oxygen atoms in total. The number of aromatic nitrogens is 1. The smallest absolute Gasteiger partial charge is 0.355 e. The topological polar surface area (TPSA) is 51.5 Å². The van der Waals surface area contributed by atoms with E-state index in [1.165, 1.54) is 6.42 Å². The standard InChI is InChI=1S/C16H24N2O3/c1-4-13-8-5-6-11-18(13)15(19)12(2)21-16(20)14-9-7-10-17(14)3/h7,9-10,12-13H,4-6,8,11H2,1-3H3. The summed E-state index contributed by atoms with van der Waals surface area (Å²) in [6.45, 7) is 4.52. The lowest BCUT2D eigenvalue weighted by molar-refractivity contribution is -0.143. The SMILES string of the molecule is CCC1CCCCN1C(=O)C(C)OC(=O)c1cccn1C. The first-order valence-electron chi connectivity index (χ1n) is 7.67. The van der Waals surface area contributed by atoms with Gasteiger partial charge in [0.2, 0.25) is 0 Å². The van der Waals surface area contributed by atoms with Gasteiger partial charge in [0.1, 0.15) is 5.69 Å². The molecule has 1 amide bonds. The van der Waals surface area contributed by atoms with Gasteiger partial charge in [0, 0.05) is 25.8 Å². The van der Waals surface area contributed by atoms with Crippen LogP contribution < -0.4 is 0 Å². The van der Waals surface area contributed by atoms with Gasteiger partial charge in [-0.25, -0.2) is 4.79 Å². The number of carbonyl (C=O) groups is 2. The van der Waals surface area contributed by atoms with Crippen molar-refractivity contribution in [3.63, 3.8) is 0 Å². The van der Waals surface area contributed by atoms with E-state index in [4.69, 9.17) is 4.74 Å². The van der Waals surface area contributed by atoms with Crippen molar-refractivity contribution >= 4 is 11.9 Å². The van der Waals surface area contributed by atoms with Crippen LogP contribution >= 0.6 is 0 Å². The Balaban J connectivity index is 1.99. The zero-order chi connectivity index (χ0) is 15.4. The molecule has 116 valence electrons. The third kappa shape index (κ3) is 3.46. The van der Waals surface area contributed by atoms with Crippen LogP contribution in [0.1, 0.15) is 50.0 Å². The molecule has 1 aromatic rings. The fraction of sp³-hybridized carbons (Fsp3) is 0.625. The summed E-state index contributed by atoms with van der Waals surface area (Å²) in [6, 6.07) is 3.75. The molecule has 2 heterocycles. The van der Waals surface area contributed by atoms with Gasteiger partial charge in [-0.1, -0.05) is 6.92 Å². The second-order valence-electron chi connectivity index (χ2n) is 5.64. The van der Waals surface area contributed by atoms with Gasteiger partial charge in [-0.05, 0) is 44.7 Å². The minimum Gasteiger partial charge on any atom is -0.448 e. The Morgan fingerprint density at radius 1 is 1.43 bits per heavy atom. The minimum absolute atomic E-state index is 0.0795. The van der Waals surface area contributed by atoms with Gasteiger partial charge >= 0.3 is 5.97 Å². The van der Waals surface area contributed by atoms with E-state index in [1.807, 2.05) is 4.90 Å². The zero-order valence-electron chi connectivity index (χ0n) is 13.0. The number of hydrogen-bond donors (Lipinski definition) is 0. The van der Waals surface area contributed by atoms with E-state index < -0.39 is 12.1 Å². The fourth-order valence-corrected chi connectivity index (χ4v) is 2.89. The quantitative estimate of drug-likeness (QED) is 0.801. The lowest BCUT2D eigenvalue weighted by Crippen LogP contribution is -2.48. The summed E-state index contributed by atoms with van der Waals surface area (Å²) in [7, 11) is 1.78. The van der Waals surface area contributed by atoms with E-state index in [1.54, 1.807) is 36.9 Å². The van der Waals surface area contributed by atoms with Crippen molar-refractivity contribution in [3.8, 4) is 0 Å². The first kappa shape index (κ1) is 15.6. The number of rotatable bonds is 4. The molecule has 0 radical (unpaired) electrons. The van der Waals surface area contributed by atoms with Crippen LogP contribution in [-0.4, -0.2) is 40.0 Å². The number of esters is 1. The molecule has 0 bridgehead atoms. The predicted octanol–water partition coefficient (Wildman–Crippen LogP) is 2.36. The molecule has 2 unspecified atom stereocenters. The minimum atomic E-state index is -0.737. The molecule has 5 heteroatoms. The third-order valence-corrected chi connectivity index (χ3v) is 4.17. The van der Waals surface area contributed by atoms with Crippen LogP contribution in [0.2, 0.25) is 0 Å².